The van der Waals surface area contributed by atoms with Gasteiger partial charge < -0.3 is 9.47 Å². The Morgan fingerprint density at radius 3 is 2.25 bits per heavy atom. The van der Waals surface area contributed by atoms with Gasteiger partial charge >= 0.3 is 11.9 Å². The molecule has 1 aliphatic carbocycles. The van der Waals surface area contributed by atoms with Crippen LogP contribution in [-0.2, 0) is 19.1 Å². The lowest BCUT2D eigenvalue weighted by molar-refractivity contribution is -0.160. The van der Waals surface area contributed by atoms with E-state index in [4.69, 9.17) is 9.47 Å². The van der Waals surface area contributed by atoms with E-state index in [0.717, 1.165) is 16.7 Å². The minimum atomic E-state index is -0.723. The van der Waals surface area contributed by atoms with Crippen molar-refractivity contribution in [2.75, 3.05) is 14.2 Å². The second-order valence-electron chi connectivity index (χ2n) is 6.40. The number of benzene rings is 1. The summed E-state index contributed by atoms with van der Waals surface area (Å²) in [6.45, 7) is 8.16. The highest BCUT2D eigenvalue weighted by molar-refractivity contribution is 5.87. The maximum absolute atomic E-state index is 12.5. The minimum absolute atomic E-state index is 0.405. The predicted octanol–water partition coefficient (Wildman–Crippen LogP) is 3.55. The van der Waals surface area contributed by atoms with Gasteiger partial charge in [-0.2, -0.15) is 0 Å². The third-order valence-electron chi connectivity index (χ3n) is 4.91. The largest absolute Gasteiger partial charge is 0.469 e. The highest BCUT2D eigenvalue weighted by Crippen LogP contribution is 2.49. The predicted molar refractivity (Wildman–Crippen MR) is 93.1 cm³/mol. The van der Waals surface area contributed by atoms with Gasteiger partial charge in [-0.25, -0.2) is 0 Å². The molecule has 24 heavy (non-hydrogen) atoms. The van der Waals surface area contributed by atoms with Crippen molar-refractivity contribution in [3.8, 4) is 0 Å². The fourth-order valence-corrected chi connectivity index (χ4v) is 3.39. The second kappa shape index (κ2) is 7.04. The molecule has 0 unspecified atom stereocenters. The van der Waals surface area contributed by atoms with Crippen LogP contribution in [0.4, 0.5) is 0 Å². The van der Waals surface area contributed by atoms with Crippen molar-refractivity contribution in [2.45, 2.75) is 20.3 Å². The van der Waals surface area contributed by atoms with Crippen LogP contribution in [0, 0.1) is 24.2 Å². The number of carbonyl (C=O) groups is 2. The van der Waals surface area contributed by atoms with Crippen molar-refractivity contribution in [2.24, 2.45) is 17.3 Å². The summed E-state index contributed by atoms with van der Waals surface area (Å²) >= 11 is 0. The maximum atomic E-state index is 12.5. The summed E-state index contributed by atoms with van der Waals surface area (Å²) in [5.41, 5.74) is 2.14. The van der Waals surface area contributed by atoms with Crippen LogP contribution in [0.1, 0.15) is 24.5 Å². The number of ether oxygens (including phenoxy) is 2. The quantitative estimate of drug-likeness (QED) is 0.626. The standard InChI is InChI=1S/C20H24O4/c1-13-8-10-15(11-9-13)14(2)20(3)12-6-7-16(18(21)23-4)17(20)19(22)24-5/h6,8-12,16-17H,2,7H2,1,3-5H3/t16-,17-,20-/m1/s1. The number of esters is 2. The fraction of sp³-hybridized carbons (Fsp3) is 0.400. The first-order valence-corrected chi connectivity index (χ1v) is 7.95. The molecule has 0 bridgehead atoms. The summed E-state index contributed by atoms with van der Waals surface area (Å²) in [5.74, 6) is -2.09. The summed E-state index contributed by atoms with van der Waals surface area (Å²) in [5, 5.41) is 0. The Hall–Kier alpha value is -2.36. The van der Waals surface area contributed by atoms with E-state index in [0.29, 0.717) is 6.42 Å². The monoisotopic (exact) mass is 328 g/mol. The summed E-state index contributed by atoms with van der Waals surface area (Å²) in [6.07, 6.45) is 4.32. The highest BCUT2D eigenvalue weighted by Gasteiger charge is 2.49. The average Bonchev–Trinajstić information content (AvgIpc) is 2.60. The molecular formula is C20H24O4. The molecule has 1 aromatic carbocycles. The Balaban J connectivity index is 2.49. The summed E-state index contributed by atoms with van der Waals surface area (Å²) in [4.78, 5) is 24.7. The van der Waals surface area contributed by atoms with E-state index in [1.807, 2.05) is 50.3 Å². The number of hydrogen-bond donors (Lipinski definition) is 0. The molecule has 0 saturated carbocycles. The van der Waals surface area contributed by atoms with Crippen LogP contribution in [0.3, 0.4) is 0 Å². The highest BCUT2D eigenvalue weighted by atomic mass is 16.5. The van der Waals surface area contributed by atoms with Gasteiger partial charge in [-0.05, 0) is 24.5 Å². The molecule has 0 aromatic heterocycles. The van der Waals surface area contributed by atoms with Crippen LogP contribution in [0.5, 0.6) is 0 Å². The van der Waals surface area contributed by atoms with Gasteiger partial charge in [0.1, 0.15) is 0 Å². The summed E-state index contributed by atoms with van der Waals surface area (Å²) in [6, 6.07) is 7.96. The molecule has 0 fully saturated rings. The molecule has 1 aromatic rings. The second-order valence-corrected chi connectivity index (χ2v) is 6.40. The first-order valence-electron chi connectivity index (χ1n) is 7.95. The Morgan fingerprint density at radius 2 is 1.71 bits per heavy atom. The van der Waals surface area contributed by atoms with Crippen LogP contribution < -0.4 is 0 Å². The van der Waals surface area contributed by atoms with E-state index in [1.165, 1.54) is 14.2 Å². The minimum Gasteiger partial charge on any atom is -0.469 e. The molecule has 0 aliphatic heterocycles. The van der Waals surface area contributed by atoms with Gasteiger partial charge in [-0.15, -0.1) is 0 Å². The average molecular weight is 328 g/mol. The fourth-order valence-electron chi connectivity index (χ4n) is 3.39. The Bertz CT molecular complexity index is 671. The zero-order valence-electron chi connectivity index (χ0n) is 14.7. The zero-order valence-corrected chi connectivity index (χ0v) is 14.7. The molecule has 1 aliphatic rings. The molecule has 0 spiro atoms. The van der Waals surface area contributed by atoms with Crippen molar-refractivity contribution in [1.82, 2.24) is 0 Å². The summed E-state index contributed by atoms with van der Waals surface area (Å²) in [7, 11) is 2.67. The zero-order chi connectivity index (χ0) is 17.9. The number of methoxy groups -OCH3 is 2. The molecule has 0 heterocycles. The Labute approximate surface area is 143 Å². The number of allylic oxidation sites excluding steroid dienone is 3. The van der Waals surface area contributed by atoms with Crippen LogP contribution in [0.2, 0.25) is 0 Å². The third-order valence-corrected chi connectivity index (χ3v) is 4.91. The molecule has 0 N–H and O–H groups in total. The van der Waals surface area contributed by atoms with E-state index in [1.54, 1.807) is 0 Å². The van der Waals surface area contributed by atoms with Crippen molar-refractivity contribution < 1.29 is 19.1 Å². The van der Waals surface area contributed by atoms with Gasteiger partial charge in [-0.1, -0.05) is 55.5 Å². The molecule has 4 nitrogen and oxygen atoms in total. The molecule has 0 radical (unpaired) electrons. The molecule has 3 atom stereocenters. The molecule has 0 amide bonds. The number of rotatable bonds is 4. The van der Waals surface area contributed by atoms with Crippen molar-refractivity contribution in [3.63, 3.8) is 0 Å². The number of aryl methyl sites for hydroxylation is 1. The van der Waals surface area contributed by atoms with Crippen LogP contribution in [-0.4, -0.2) is 26.2 Å². The Morgan fingerprint density at radius 1 is 1.12 bits per heavy atom. The normalized spacial score (nSPS) is 25.8. The van der Waals surface area contributed by atoms with Gasteiger partial charge in [-0.3, -0.25) is 9.59 Å². The lowest BCUT2D eigenvalue weighted by Gasteiger charge is -2.41. The van der Waals surface area contributed by atoms with Crippen LogP contribution in [0.15, 0.2) is 43.0 Å². The van der Waals surface area contributed by atoms with E-state index in [2.05, 4.69) is 6.58 Å². The van der Waals surface area contributed by atoms with E-state index < -0.39 is 29.2 Å². The lowest BCUT2D eigenvalue weighted by Crippen LogP contribution is -2.44. The molecule has 0 saturated heterocycles. The summed E-state index contributed by atoms with van der Waals surface area (Å²) < 4.78 is 9.89. The first-order chi connectivity index (χ1) is 11.3. The first kappa shape index (κ1) is 18.0. The van der Waals surface area contributed by atoms with Crippen LogP contribution >= 0.6 is 0 Å². The maximum Gasteiger partial charge on any atom is 0.310 e. The Kier molecular flexibility index (Phi) is 5.27. The SMILES string of the molecule is C=C(c1ccc(C)cc1)[C@@]1(C)C=CC[C@@H](C(=O)OC)[C@@H]1C(=O)OC. The molecular weight excluding hydrogens is 304 g/mol. The van der Waals surface area contributed by atoms with Crippen molar-refractivity contribution in [1.29, 1.82) is 0 Å². The van der Waals surface area contributed by atoms with Gasteiger partial charge in [0.2, 0.25) is 0 Å². The van der Waals surface area contributed by atoms with Crippen molar-refractivity contribution >= 4 is 17.5 Å². The van der Waals surface area contributed by atoms with Crippen LogP contribution in [0.25, 0.3) is 5.57 Å². The molecule has 2 rings (SSSR count). The number of carbonyl (C=O) groups excluding carboxylic acids is 2. The smallest absolute Gasteiger partial charge is 0.310 e. The van der Waals surface area contributed by atoms with E-state index in [9.17, 15) is 9.59 Å². The van der Waals surface area contributed by atoms with Gasteiger partial charge in [0.15, 0.2) is 0 Å². The van der Waals surface area contributed by atoms with Crippen molar-refractivity contribution in [3.05, 3.63) is 54.1 Å². The number of hydrogen-bond acceptors (Lipinski definition) is 4. The van der Waals surface area contributed by atoms with Gasteiger partial charge in [0.25, 0.3) is 0 Å². The topological polar surface area (TPSA) is 52.6 Å². The molecule has 128 valence electrons. The third kappa shape index (κ3) is 3.14. The van der Waals surface area contributed by atoms with E-state index in [-0.39, 0.29) is 0 Å². The lowest BCUT2D eigenvalue weighted by atomic mass is 9.61. The van der Waals surface area contributed by atoms with Gasteiger partial charge in [0.05, 0.1) is 26.1 Å². The molecule has 4 heteroatoms. The van der Waals surface area contributed by atoms with E-state index >= 15 is 0 Å². The van der Waals surface area contributed by atoms with Gasteiger partial charge in [0, 0.05) is 5.41 Å².